The molecule has 7 heteroatoms. The zero-order valence-electron chi connectivity index (χ0n) is 10.4. The van der Waals surface area contributed by atoms with Gasteiger partial charge in [0, 0.05) is 17.3 Å². The summed E-state index contributed by atoms with van der Waals surface area (Å²) in [6, 6.07) is 6.39. The number of nitrogens with zero attached hydrogens (tertiary/aromatic N) is 2. The average molecular weight is 331 g/mol. The van der Waals surface area contributed by atoms with Crippen molar-refractivity contribution in [2.75, 3.05) is 0 Å². The topological polar surface area (TPSA) is 36.7 Å². The fourth-order valence-corrected chi connectivity index (χ4v) is 2.35. The Morgan fingerprint density at radius 3 is 2.29 bits per heavy atom. The SMILES string of the molecule is N#CCc1c(Cl)cnc(-c2ccc(C(F)(F)F)cc2)c1Cl. The minimum absolute atomic E-state index is 0.00613. The first-order valence-electron chi connectivity index (χ1n) is 5.72. The predicted octanol–water partition coefficient (Wildman–Crippen LogP) is 5.14. The molecule has 2 rings (SSSR count). The number of hydrogen-bond donors (Lipinski definition) is 0. The molecule has 0 aliphatic heterocycles. The van der Waals surface area contributed by atoms with Crippen LogP contribution >= 0.6 is 23.2 Å². The summed E-state index contributed by atoms with van der Waals surface area (Å²) in [6.45, 7) is 0. The summed E-state index contributed by atoms with van der Waals surface area (Å²) >= 11 is 12.0. The van der Waals surface area contributed by atoms with Gasteiger partial charge in [-0.1, -0.05) is 35.3 Å². The minimum Gasteiger partial charge on any atom is -0.253 e. The Morgan fingerprint density at radius 2 is 1.76 bits per heavy atom. The summed E-state index contributed by atoms with van der Waals surface area (Å²) in [5.41, 5.74) is 0.364. The highest BCUT2D eigenvalue weighted by Gasteiger charge is 2.30. The van der Waals surface area contributed by atoms with Gasteiger partial charge in [0.2, 0.25) is 0 Å². The molecule has 1 heterocycles. The molecule has 21 heavy (non-hydrogen) atoms. The molecule has 0 unspecified atom stereocenters. The van der Waals surface area contributed by atoms with Crippen LogP contribution in [0.15, 0.2) is 30.5 Å². The van der Waals surface area contributed by atoms with Crippen molar-refractivity contribution >= 4 is 23.2 Å². The number of hydrogen-bond acceptors (Lipinski definition) is 2. The molecule has 0 radical (unpaired) electrons. The Bertz CT molecular complexity index is 704. The normalized spacial score (nSPS) is 11.2. The van der Waals surface area contributed by atoms with E-state index in [1.165, 1.54) is 18.3 Å². The zero-order chi connectivity index (χ0) is 15.6. The number of benzene rings is 1. The second-order valence-corrected chi connectivity index (χ2v) is 4.94. The third-order valence-corrected chi connectivity index (χ3v) is 3.54. The Balaban J connectivity index is 2.48. The molecule has 2 aromatic rings. The van der Waals surface area contributed by atoms with Gasteiger partial charge in [0.25, 0.3) is 0 Å². The van der Waals surface area contributed by atoms with E-state index >= 15 is 0 Å². The van der Waals surface area contributed by atoms with Gasteiger partial charge in [-0.3, -0.25) is 4.98 Å². The van der Waals surface area contributed by atoms with Crippen molar-refractivity contribution in [3.63, 3.8) is 0 Å². The van der Waals surface area contributed by atoms with Crippen molar-refractivity contribution < 1.29 is 13.2 Å². The maximum absolute atomic E-state index is 12.5. The lowest BCUT2D eigenvalue weighted by Crippen LogP contribution is -2.04. The highest BCUT2D eigenvalue weighted by atomic mass is 35.5. The molecule has 0 saturated heterocycles. The monoisotopic (exact) mass is 330 g/mol. The van der Waals surface area contributed by atoms with Crippen LogP contribution in [0.2, 0.25) is 10.0 Å². The molecule has 0 N–H and O–H groups in total. The summed E-state index contributed by atoms with van der Waals surface area (Å²) in [4.78, 5) is 4.03. The number of nitriles is 1. The fraction of sp³-hybridized carbons (Fsp3) is 0.143. The van der Waals surface area contributed by atoms with E-state index in [0.29, 0.717) is 16.8 Å². The van der Waals surface area contributed by atoms with Crippen molar-refractivity contribution in [1.29, 1.82) is 5.26 Å². The summed E-state index contributed by atoms with van der Waals surface area (Å²) in [7, 11) is 0. The van der Waals surface area contributed by atoms with Crippen molar-refractivity contribution in [2.24, 2.45) is 0 Å². The van der Waals surface area contributed by atoms with E-state index in [2.05, 4.69) is 4.98 Å². The van der Waals surface area contributed by atoms with E-state index < -0.39 is 11.7 Å². The predicted molar refractivity (Wildman–Crippen MR) is 74.0 cm³/mol. The molecular weight excluding hydrogens is 324 g/mol. The average Bonchev–Trinajstić information content (AvgIpc) is 2.43. The minimum atomic E-state index is -4.40. The van der Waals surface area contributed by atoms with Crippen molar-refractivity contribution in [3.8, 4) is 17.3 Å². The Kier molecular flexibility index (Phi) is 4.40. The van der Waals surface area contributed by atoms with Crippen LogP contribution in [0.1, 0.15) is 11.1 Å². The number of pyridine rings is 1. The van der Waals surface area contributed by atoms with Crippen LogP contribution < -0.4 is 0 Å². The lowest BCUT2D eigenvalue weighted by Gasteiger charge is -2.10. The maximum Gasteiger partial charge on any atom is 0.416 e. The molecule has 0 saturated carbocycles. The first kappa shape index (κ1) is 15.6. The largest absolute Gasteiger partial charge is 0.416 e. The maximum atomic E-state index is 12.5. The fourth-order valence-electron chi connectivity index (χ4n) is 1.76. The Morgan fingerprint density at radius 1 is 1.14 bits per heavy atom. The molecule has 2 nitrogen and oxygen atoms in total. The van der Waals surface area contributed by atoms with Crippen LogP contribution in [0.5, 0.6) is 0 Å². The number of alkyl halides is 3. The summed E-state index contributed by atoms with van der Waals surface area (Å²) < 4.78 is 37.6. The zero-order valence-corrected chi connectivity index (χ0v) is 11.9. The summed E-state index contributed by atoms with van der Waals surface area (Å²) in [5, 5.41) is 9.16. The van der Waals surface area contributed by atoms with Crippen LogP contribution in [-0.2, 0) is 12.6 Å². The molecule has 108 valence electrons. The quantitative estimate of drug-likeness (QED) is 0.764. The molecule has 0 atom stereocenters. The first-order chi connectivity index (χ1) is 9.84. The van der Waals surface area contributed by atoms with E-state index in [0.717, 1.165) is 12.1 Å². The molecule has 0 aliphatic rings. The van der Waals surface area contributed by atoms with Gasteiger partial charge in [-0.25, -0.2) is 0 Å². The van der Waals surface area contributed by atoms with E-state index in [1.54, 1.807) is 0 Å². The van der Waals surface area contributed by atoms with Crippen LogP contribution in [0.3, 0.4) is 0 Å². The third kappa shape index (κ3) is 3.29. The highest BCUT2D eigenvalue weighted by molar-refractivity contribution is 6.37. The molecular formula is C14H7Cl2F3N2. The van der Waals surface area contributed by atoms with Gasteiger partial charge in [0.05, 0.1) is 33.8 Å². The smallest absolute Gasteiger partial charge is 0.253 e. The second-order valence-electron chi connectivity index (χ2n) is 4.16. The number of rotatable bonds is 2. The Labute approximate surface area is 128 Å². The van der Waals surface area contributed by atoms with E-state index in [1.807, 2.05) is 6.07 Å². The van der Waals surface area contributed by atoms with Gasteiger partial charge in [-0.05, 0) is 12.1 Å². The van der Waals surface area contributed by atoms with Crippen LogP contribution in [-0.4, -0.2) is 4.98 Å². The highest BCUT2D eigenvalue weighted by Crippen LogP contribution is 2.35. The van der Waals surface area contributed by atoms with Crippen LogP contribution in [0.4, 0.5) is 13.2 Å². The van der Waals surface area contributed by atoms with E-state index in [9.17, 15) is 13.2 Å². The van der Waals surface area contributed by atoms with Crippen molar-refractivity contribution in [3.05, 3.63) is 51.6 Å². The van der Waals surface area contributed by atoms with Gasteiger partial charge in [-0.15, -0.1) is 0 Å². The van der Waals surface area contributed by atoms with Gasteiger partial charge < -0.3 is 0 Å². The van der Waals surface area contributed by atoms with Gasteiger partial charge in [-0.2, -0.15) is 18.4 Å². The van der Waals surface area contributed by atoms with E-state index in [4.69, 9.17) is 28.5 Å². The summed E-state index contributed by atoms with van der Waals surface area (Å²) in [5.74, 6) is 0. The van der Waals surface area contributed by atoms with Gasteiger partial charge in [0.15, 0.2) is 0 Å². The van der Waals surface area contributed by atoms with Gasteiger partial charge in [0.1, 0.15) is 0 Å². The molecule has 0 fully saturated rings. The molecule has 0 amide bonds. The first-order valence-corrected chi connectivity index (χ1v) is 6.47. The number of aromatic nitrogens is 1. The lowest BCUT2D eigenvalue weighted by molar-refractivity contribution is -0.137. The molecule has 1 aromatic heterocycles. The Hall–Kier alpha value is -1.77. The van der Waals surface area contributed by atoms with Crippen LogP contribution in [0, 0.1) is 11.3 Å². The lowest BCUT2D eigenvalue weighted by atomic mass is 10.1. The number of halogens is 5. The molecule has 0 aliphatic carbocycles. The van der Waals surface area contributed by atoms with Crippen molar-refractivity contribution in [2.45, 2.75) is 12.6 Å². The molecule has 1 aromatic carbocycles. The third-order valence-electron chi connectivity index (χ3n) is 2.81. The molecule has 0 spiro atoms. The summed E-state index contributed by atoms with van der Waals surface area (Å²) in [6.07, 6.45) is -3.08. The van der Waals surface area contributed by atoms with Gasteiger partial charge >= 0.3 is 6.18 Å². The second kappa shape index (κ2) is 5.92. The van der Waals surface area contributed by atoms with Crippen molar-refractivity contribution in [1.82, 2.24) is 4.98 Å². The molecule has 0 bridgehead atoms. The standard InChI is InChI=1S/C14H7Cl2F3N2/c15-11-7-21-13(12(16)10(11)5-6-20)8-1-3-9(4-2-8)14(17,18)19/h1-4,7H,5H2. The van der Waals surface area contributed by atoms with Crippen LogP contribution in [0.25, 0.3) is 11.3 Å². The van der Waals surface area contributed by atoms with E-state index in [-0.39, 0.29) is 16.5 Å².